The van der Waals surface area contributed by atoms with Crippen LogP contribution in [-0.2, 0) is 17.6 Å². The van der Waals surface area contributed by atoms with Crippen molar-refractivity contribution in [3.05, 3.63) is 64.2 Å². The molecule has 1 atom stereocenters. The summed E-state index contributed by atoms with van der Waals surface area (Å²) in [7, 11) is 0. The lowest BCUT2D eigenvalue weighted by Crippen LogP contribution is -2.31. The zero-order chi connectivity index (χ0) is 19.4. The first kappa shape index (κ1) is 19.5. The summed E-state index contributed by atoms with van der Waals surface area (Å²) < 4.78 is 5.86. The molecule has 27 heavy (non-hydrogen) atoms. The molecule has 144 valence electrons. The molecule has 0 saturated heterocycles. The highest BCUT2D eigenvalue weighted by Crippen LogP contribution is 2.28. The van der Waals surface area contributed by atoms with E-state index < -0.39 is 0 Å². The van der Waals surface area contributed by atoms with Crippen LogP contribution in [0.15, 0.2) is 36.4 Å². The molecular formula is C24H31NO2. The first-order chi connectivity index (χ1) is 12.9. The molecule has 2 aromatic rings. The molecule has 0 fully saturated rings. The topological polar surface area (TPSA) is 38.3 Å². The van der Waals surface area contributed by atoms with E-state index in [4.69, 9.17) is 4.74 Å². The van der Waals surface area contributed by atoms with Gasteiger partial charge in [0.1, 0.15) is 5.75 Å². The average molecular weight is 366 g/mol. The molecule has 0 bridgehead atoms. The Morgan fingerprint density at radius 1 is 1.04 bits per heavy atom. The van der Waals surface area contributed by atoms with E-state index in [1.165, 1.54) is 36.0 Å². The molecule has 2 aromatic carbocycles. The van der Waals surface area contributed by atoms with Crippen molar-refractivity contribution in [2.75, 3.05) is 6.61 Å². The number of carbonyl (C=O) groups is 1. The van der Waals surface area contributed by atoms with Crippen LogP contribution in [0.5, 0.6) is 5.75 Å². The largest absolute Gasteiger partial charge is 0.483 e. The average Bonchev–Trinajstić information content (AvgIpc) is 2.65. The predicted octanol–water partition coefficient (Wildman–Crippen LogP) is 5.25. The third-order valence-corrected chi connectivity index (χ3v) is 5.40. The molecule has 0 radical (unpaired) electrons. The van der Waals surface area contributed by atoms with Crippen molar-refractivity contribution >= 4 is 5.91 Å². The summed E-state index contributed by atoms with van der Waals surface area (Å²) >= 11 is 0. The number of nitrogens with one attached hydrogen (secondary N) is 1. The van der Waals surface area contributed by atoms with Gasteiger partial charge in [0, 0.05) is 0 Å². The molecule has 0 spiro atoms. The van der Waals surface area contributed by atoms with Gasteiger partial charge < -0.3 is 10.1 Å². The molecule has 0 heterocycles. The molecule has 1 amide bonds. The molecule has 1 aliphatic carbocycles. The number of ether oxygens (including phenoxy) is 1. The highest BCUT2D eigenvalue weighted by atomic mass is 16.5. The highest BCUT2D eigenvalue weighted by molar-refractivity contribution is 5.78. The fourth-order valence-electron chi connectivity index (χ4n) is 3.78. The number of hydrogen-bond donors (Lipinski definition) is 1. The van der Waals surface area contributed by atoms with Gasteiger partial charge in [-0.25, -0.2) is 0 Å². The Kier molecular flexibility index (Phi) is 6.20. The van der Waals surface area contributed by atoms with Gasteiger partial charge in [0.05, 0.1) is 6.04 Å². The van der Waals surface area contributed by atoms with Crippen LogP contribution in [0.3, 0.4) is 0 Å². The van der Waals surface area contributed by atoms with E-state index in [1.807, 2.05) is 19.9 Å². The van der Waals surface area contributed by atoms with Gasteiger partial charge in [-0.2, -0.15) is 0 Å². The second-order valence-electron chi connectivity index (χ2n) is 8.01. The van der Waals surface area contributed by atoms with Crippen molar-refractivity contribution in [3.8, 4) is 5.75 Å². The van der Waals surface area contributed by atoms with Crippen LogP contribution >= 0.6 is 0 Å². The third-order valence-electron chi connectivity index (χ3n) is 5.40. The summed E-state index contributed by atoms with van der Waals surface area (Å²) in [5.41, 5.74) is 6.35. The molecular weight excluding hydrogens is 334 g/mol. The maximum atomic E-state index is 12.4. The van der Waals surface area contributed by atoms with Crippen LogP contribution in [0.25, 0.3) is 0 Å². The van der Waals surface area contributed by atoms with Gasteiger partial charge >= 0.3 is 0 Å². The Bertz CT molecular complexity index is 810. The van der Waals surface area contributed by atoms with E-state index >= 15 is 0 Å². The van der Waals surface area contributed by atoms with Gasteiger partial charge in [0.15, 0.2) is 6.61 Å². The second-order valence-corrected chi connectivity index (χ2v) is 8.01. The monoisotopic (exact) mass is 365 g/mol. The second kappa shape index (κ2) is 8.60. The van der Waals surface area contributed by atoms with E-state index in [-0.39, 0.29) is 18.6 Å². The number of amides is 1. The summed E-state index contributed by atoms with van der Waals surface area (Å²) in [6.45, 7) is 8.38. The lowest BCUT2D eigenvalue weighted by atomic mass is 9.89. The molecule has 3 heteroatoms. The highest BCUT2D eigenvalue weighted by Gasteiger charge is 2.15. The molecule has 1 aliphatic rings. The van der Waals surface area contributed by atoms with E-state index in [1.54, 1.807) is 0 Å². The smallest absolute Gasteiger partial charge is 0.258 e. The van der Waals surface area contributed by atoms with Gasteiger partial charge in [0.2, 0.25) is 0 Å². The fourth-order valence-corrected chi connectivity index (χ4v) is 3.78. The van der Waals surface area contributed by atoms with E-state index in [2.05, 4.69) is 49.5 Å². The minimum atomic E-state index is -0.0866. The van der Waals surface area contributed by atoms with Gasteiger partial charge in [-0.1, -0.05) is 44.2 Å². The van der Waals surface area contributed by atoms with Gasteiger partial charge in [0.25, 0.3) is 5.91 Å². The summed E-state index contributed by atoms with van der Waals surface area (Å²) in [5.74, 6) is 1.08. The molecule has 0 unspecified atom stereocenters. The van der Waals surface area contributed by atoms with Gasteiger partial charge in [-0.05, 0) is 79.3 Å². The van der Waals surface area contributed by atoms with E-state index in [9.17, 15) is 4.79 Å². The first-order valence-electron chi connectivity index (χ1n) is 10.1. The Morgan fingerprint density at radius 2 is 1.78 bits per heavy atom. The lowest BCUT2D eigenvalue weighted by molar-refractivity contribution is -0.123. The van der Waals surface area contributed by atoms with E-state index in [0.717, 1.165) is 23.3 Å². The number of benzene rings is 2. The summed E-state index contributed by atoms with van der Waals surface area (Å²) in [6, 6.07) is 12.8. The van der Waals surface area contributed by atoms with Gasteiger partial charge in [-0.15, -0.1) is 0 Å². The minimum absolute atomic E-state index is 0.0181. The molecule has 0 aromatic heterocycles. The van der Waals surface area contributed by atoms with Gasteiger partial charge in [-0.3, -0.25) is 4.79 Å². The van der Waals surface area contributed by atoms with Crippen LogP contribution < -0.4 is 10.1 Å². The van der Waals surface area contributed by atoms with Crippen LogP contribution in [-0.4, -0.2) is 12.5 Å². The fraction of sp³-hybridized carbons (Fsp3) is 0.458. The van der Waals surface area contributed by atoms with Crippen LogP contribution in [0.1, 0.15) is 73.4 Å². The van der Waals surface area contributed by atoms with Crippen molar-refractivity contribution in [2.45, 2.75) is 65.3 Å². The number of carbonyl (C=O) groups excluding carboxylic acids is 1. The molecule has 0 aliphatic heterocycles. The van der Waals surface area contributed by atoms with Crippen LogP contribution in [0, 0.1) is 6.92 Å². The number of rotatable bonds is 6. The third kappa shape index (κ3) is 4.91. The van der Waals surface area contributed by atoms with E-state index in [0.29, 0.717) is 5.92 Å². The minimum Gasteiger partial charge on any atom is -0.483 e. The Morgan fingerprint density at radius 3 is 2.52 bits per heavy atom. The number of hydrogen-bond acceptors (Lipinski definition) is 2. The number of fused-ring (bicyclic) bond motifs is 1. The predicted molar refractivity (Wildman–Crippen MR) is 110 cm³/mol. The van der Waals surface area contributed by atoms with Crippen molar-refractivity contribution < 1.29 is 9.53 Å². The van der Waals surface area contributed by atoms with Crippen LogP contribution in [0.4, 0.5) is 0 Å². The van der Waals surface area contributed by atoms with Crippen molar-refractivity contribution in [1.29, 1.82) is 0 Å². The Labute approximate surface area is 163 Å². The zero-order valence-electron chi connectivity index (χ0n) is 17.0. The standard InChI is InChI=1S/C24H31NO2/c1-16(2)22-12-9-17(3)13-23(22)27-15-24(26)25-18(4)20-11-10-19-7-5-6-8-21(19)14-20/h9-14,16,18H,5-8,15H2,1-4H3,(H,25,26)/t18-/m0/s1. The summed E-state index contributed by atoms with van der Waals surface area (Å²) in [4.78, 5) is 12.4. The molecule has 3 nitrogen and oxygen atoms in total. The zero-order valence-corrected chi connectivity index (χ0v) is 17.0. The van der Waals surface area contributed by atoms with Crippen LogP contribution in [0.2, 0.25) is 0 Å². The summed E-state index contributed by atoms with van der Waals surface area (Å²) in [6.07, 6.45) is 4.88. The maximum Gasteiger partial charge on any atom is 0.258 e. The SMILES string of the molecule is Cc1ccc(C(C)C)c(OCC(=O)N[C@@H](C)c2ccc3c(c2)CCCC3)c1. The number of aryl methyl sites for hydroxylation is 3. The van der Waals surface area contributed by atoms with Crippen molar-refractivity contribution in [3.63, 3.8) is 0 Å². The quantitative estimate of drug-likeness (QED) is 0.759. The molecule has 1 N–H and O–H groups in total. The molecule has 0 saturated carbocycles. The Balaban J connectivity index is 1.60. The Hall–Kier alpha value is -2.29. The molecule has 3 rings (SSSR count). The normalized spacial score (nSPS) is 14.6. The van der Waals surface area contributed by atoms with Crippen molar-refractivity contribution in [2.24, 2.45) is 0 Å². The maximum absolute atomic E-state index is 12.4. The van der Waals surface area contributed by atoms with Crippen molar-refractivity contribution in [1.82, 2.24) is 5.32 Å². The lowest BCUT2D eigenvalue weighted by Gasteiger charge is -2.20. The first-order valence-corrected chi connectivity index (χ1v) is 10.1. The summed E-state index contributed by atoms with van der Waals surface area (Å²) in [5, 5.41) is 3.07.